The van der Waals surface area contributed by atoms with Gasteiger partial charge in [-0.25, -0.2) is 0 Å². The molecule has 0 spiro atoms. The molecule has 0 radical (unpaired) electrons. The minimum Gasteiger partial charge on any atom is -0.464 e. The van der Waals surface area contributed by atoms with E-state index in [0.29, 0.717) is 42.3 Å². The Hall–Kier alpha value is -6.10. The van der Waals surface area contributed by atoms with Gasteiger partial charge in [0.25, 0.3) is 5.91 Å². The molecule has 320 valence electrons. The second-order valence-electron chi connectivity index (χ2n) is 14.9. The van der Waals surface area contributed by atoms with E-state index in [2.05, 4.69) is 30.1 Å². The summed E-state index contributed by atoms with van der Waals surface area (Å²) in [4.78, 5) is 44.1. The molecule has 0 N–H and O–H groups in total. The highest BCUT2D eigenvalue weighted by molar-refractivity contribution is 7.17. The number of allylic oxidation sites excluding steroid dienone is 2. The number of hydrogen-bond donors (Lipinski definition) is 0. The molecular formula is C48H57N7O5S. The predicted octanol–water partition coefficient (Wildman–Crippen LogP) is 11.4. The molecule has 0 bridgehead atoms. The minimum atomic E-state index is -0.388. The van der Waals surface area contributed by atoms with Crippen molar-refractivity contribution >= 4 is 51.8 Å². The molecule has 1 aromatic heterocycles. The molecule has 1 amide bonds. The van der Waals surface area contributed by atoms with Gasteiger partial charge < -0.3 is 19.3 Å². The van der Waals surface area contributed by atoms with E-state index >= 15 is 0 Å². The lowest BCUT2D eigenvalue weighted by Crippen LogP contribution is -2.33. The summed E-state index contributed by atoms with van der Waals surface area (Å²) in [5, 5.41) is 38.2. The third-order valence-electron chi connectivity index (χ3n) is 10.7. The number of anilines is 1. The lowest BCUT2D eigenvalue weighted by molar-refractivity contribution is -0.149. The summed E-state index contributed by atoms with van der Waals surface area (Å²) in [5.41, 5.74) is 3.08. The molecule has 0 aliphatic carbocycles. The highest BCUT2D eigenvalue weighted by Gasteiger charge is 2.38. The fraction of sp³-hybridized carbons (Fsp3) is 0.458. The maximum Gasteiger partial charge on any atom is 0.308 e. The van der Waals surface area contributed by atoms with Crippen LogP contribution in [-0.2, 0) is 23.9 Å². The van der Waals surface area contributed by atoms with Crippen molar-refractivity contribution in [1.29, 1.82) is 15.8 Å². The average Bonchev–Trinajstić information content (AvgIpc) is 3.87. The van der Waals surface area contributed by atoms with Gasteiger partial charge in [-0.05, 0) is 86.2 Å². The number of nitrogens with zero attached hydrogens (tertiary/aromatic N) is 7. The van der Waals surface area contributed by atoms with Gasteiger partial charge in [-0.2, -0.15) is 26.0 Å². The third kappa shape index (κ3) is 12.9. The molecule has 61 heavy (non-hydrogen) atoms. The molecule has 3 aromatic rings. The van der Waals surface area contributed by atoms with E-state index in [4.69, 9.17) is 9.47 Å². The maximum absolute atomic E-state index is 13.6. The summed E-state index contributed by atoms with van der Waals surface area (Å²) in [6.07, 6.45) is 8.60. The molecule has 4 rings (SSSR count). The SMILES string of the molecule is CCCCC(CC)C(=O)OCCN(CCOC(=O)C(CC)CCCC)c1ccc(N=Nc2ccc(-c3ccc(C4=C(C#N)C(=C(C#N)C#N)N(CCCC)C4=O)s3)cc2)cc1. The van der Waals surface area contributed by atoms with Gasteiger partial charge in [0, 0.05) is 22.0 Å². The lowest BCUT2D eigenvalue weighted by atomic mass is 10.00. The Kier molecular flexibility index (Phi) is 19.4. The quantitative estimate of drug-likeness (QED) is 0.0483. The molecule has 12 nitrogen and oxygen atoms in total. The first kappa shape index (κ1) is 47.6. The highest BCUT2D eigenvalue weighted by atomic mass is 32.1. The van der Waals surface area contributed by atoms with Crippen molar-refractivity contribution in [1.82, 2.24) is 4.90 Å². The summed E-state index contributed by atoms with van der Waals surface area (Å²) < 4.78 is 11.4. The first-order valence-electron chi connectivity index (χ1n) is 21.5. The first-order valence-corrected chi connectivity index (χ1v) is 22.3. The number of hydrogen-bond acceptors (Lipinski definition) is 12. The van der Waals surface area contributed by atoms with Crippen LogP contribution in [0.25, 0.3) is 16.0 Å². The van der Waals surface area contributed by atoms with Crippen molar-refractivity contribution in [2.45, 2.75) is 98.8 Å². The number of thiophene rings is 1. The lowest BCUT2D eigenvalue weighted by Gasteiger charge is -2.25. The first-order chi connectivity index (χ1) is 29.7. The number of ether oxygens (including phenoxy) is 2. The standard InChI is InChI=1S/C48H57N7O5S/c1-6-11-14-34(9-4)47(57)59-29-27-54(28-30-60-48(58)35(10-5)15-12-7-2)40-22-20-39(21-23-40)53-52-38-18-16-36(17-19-38)42-24-25-43(61-42)44-41(33-51)45(37(31-49)32-50)55(46(44)56)26-13-8-3/h16-25,34-35H,6-15,26-30H2,1-5H3. The zero-order valence-electron chi connectivity index (χ0n) is 36.1. The van der Waals surface area contributed by atoms with Gasteiger partial charge in [0.05, 0.1) is 53.1 Å². The van der Waals surface area contributed by atoms with E-state index in [1.54, 1.807) is 6.07 Å². The van der Waals surface area contributed by atoms with Crippen LogP contribution in [0.1, 0.15) is 104 Å². The normalized spacial score (nSPS) is 13.4. The van der Waals surface area contributed by atoms with Gasteiger partial charge in [0.1, 0.15) is 31.4 Å². The summed E-state index contributed by atoms with van der Waals surface area (Å²) in [6.45, 7) is 11.8. The maximum atomic E-state index is 13.6. The van der Waals surface area contributed by atoms with E-state index < -0.39 is 0 Å². The Labute approximate surface area is 364 Å². The van der Waals surface area contributed by atoms with Crippen LogP contribution in [0, 0.1) is 45.8 Å². The number of unbranched alkanes of at least 4 members (excludes halogenated alkanes) is 3. The van der Waals surface area contributed by atoms with Crippen LogP contribution in [0.5, 0.6) is 0 Å². The van der Waals surface area contributed by atoms with E-state index in [-0.39, 0.29) is 65.3 Å². The van der Waals surface area contributed by atoms with E-state index in [9.17, 15) is 30.2 Å². The van der Waals surface area contributed by atoms with Gasteiger partial charge in [-0.15, -0.1) is 11.3 Å². The predicted molar refractivity (Wildman–Crippen MR) is 239 cm³/mol. The number of nitriles is 3. The number of carbonyl (C=O) groups excluding carboxylic acids is 3. The summed E-state index contributed by atoms with van der Waals surface area (Å²) >= 11 is 1.35. The highest BCUT2D eigenvalue weighted by Crippen LogP contribution is 2.41. The Morgan fingerprint density at radius 1 is 0.721 bits per heavy atom. The van der Waals surface area contributed by atoms with Gasteiger partial charge in [0.2, 0.25) is 0 Å². The molecule has 0 saturated carbocycles. The van der Waals surface area contributed by atoms with Crippen molar-refractivity contribution in [3.8, 4) is 28.6 Å². The monoisotopic (exact) mass is 843 g/mol. The number of azo groups is 1. The summed E-state index contributed by atoms with van der Waals surface area (Å²) in [5.74, 6) is -0.948. The molecule has 0 saturated heterocycles. The van der Waals surface area contributed by atoms with Crippen LogP contribution in [0.3, 0.4) is 0 Å². The topological polar surface area (TPSA) is 172 Å². The van der Waals surface area contributed by atoms with E-state index in [1.165, 1.54) is 16.2 Å². The second kappa shape index (κ2) is 24.9. The van der Waals surface area contributed by atoms with Gasteiger partial charge in [-0.1, -0.05) is 78.9 Å². The van der Waals surface area contributed by atoms with Crippen LogP contribution < -0.4 is 4.90 Å². The molecular weight excluding hydrogens is 787 g/mol. The van der Waals surface area contributed by atoms with Crippen molar-refractivity contribution in [2.75, 3.05) is 37.7 Å². The summed E-state index contributed by atoms with van der Waals surface area (Å²) in [7, 11) is 0. The number of benzene rings is 2. The molecule has 2 heterocycles. The molecule has 0 fully saturated rings. The Morgan fingerprint density at radius 3 is 1.70 bits per heavy atom. The second-order valence-corrected chi connectivity index (χ2v) is 15.9. The van der Waals surface area contributed by atoms with Crippen LogP contribution in [0.15, 0.2) is 87.7 Å². The fourth-order valence-electron chi connectivity index (χ4n) is 7.02. The number of amides is 1. The van der Waals surface area contributed by atoms with Gasteiger partial charge in [0.15, 0.2) is 5.57 Å². The van der Waals surface area contributed by atoms with Crippen molar-refractivity contribution in [2.24, 2.45) is 22.1 Å². The largest absolute Gasteiger partial charge is 0.464 e. The molecule has 2 aromatic carbocycles. The average molecular weight is 844 g/mol. The van der Waals surface area contributed by atoms with Crippen LogP contribution in [0.2, 0.25) is 0 Å². The van der Waals surface area contributed by atoms with Crippen molar-refractivity contribution in [3.05, 3.63) is 82.4 Å². The van der Waals surface area contributed by atoms with E-state index in [0.717, 1.165) is 73.9 Å². The van der Waals surface area contributed by atoms with Gasteiger partial charge in [-0.3, -0.25) is 14.4 Å². The summed E-state index contributed by atoms with van der Waals surface area (Å²) in [6, 6.07) is 24.5. The molecule has 1 aliphatic heterocycles. The Balaban J connectivity index is 1.46. The molecule has 2 unspecified atom stereocenters. The zero-order valence-corrected chi connectivity index (χ0v) is 36.9. The number of rotatable bonds is 24. The third-order valence-corrected chi connectivity index (χ3v) is 11.9. The Morgan fingerprint density at radius 2 is 1.23 bits per heavy atom. The van der Waals surface area contributed by atoms with Crippen LogP contribution in [-0.4, -0.2) is 55.6 Å². The van der Waals surface area contributed by atoms with E-state index in [1.807, 2.05) is 92.4 Å². The van der Waals surface area contributed by atoms with Crippen molar-refractivity contribution < 1.29 is 23.9 Å². The molecule has 1 aliphatic rings. The zero-order chi connectivity index (χ0) is 44.1. The Bertz CT molecular complexity index is 2120. The smallest absolute Gasteiger partial charge is 0.308 e. The molecule has 13 heteroatoms. The minimum absolute atomic E-state index is 0.0386. The van der Waals surface area contributed by atoms with Gasteiger partial charge >= 0.3 is 11.9 Å². The van der Waals surface area contributed by atoms with Crippen molar-refractivity contribution in [3.63, 3.8) is 0 Å². The van der Waals surface area contributed by atoms with Crippen LogP contribution >= 0.6 is 11.3 Å². The fourth-order valence-corrected chi connectivity index (χ4v) is 8.07. The van der Waals surface area contributed by atoms with Crippen LogP contribution in [0.4, 0.5) is 17.1 Å². The number of carbonyl (C=O) groups is 3. The molecule has 2 atom stereocenters. The number of esters is 2.